The van der Waals surface area contributed by atoms with E-state index in [0.29, 0.717) is 16.5 Å². The van der Waals surface area contributed by atoms with Crippen LogP contribution in [-0.4, -0.2) is 22.9 Å². The highest BCUT2D eigenvalue weighted by atomic mass is 32.1. The smallest absolute Gasteiger partial charge is 0.303 e. The second-order valence-electron chi connectivity index (χ2n) is 8.31. The maximum absolute atomic E-state index is 12.3. The van der Waals surface area contributed by atoms with E-state index in [4.69, 9.17) is 10.8 Å². The summed E-state index contributed by atoms with van der Waals surface area (Å²) in [5.41, 5.74) is 7.25. The van der Waals surface area contributed by atoms with Gasteiger partial charge in [-0.25, -0.2) is 0 Å². The van der Waals surface area contributed by atoms with Crippen LogP contribution in [0.25, 0.3) is 0 Å². The molecule has 0 spiro atoms. The molecule has 6 nitrogen and oxygen atoms in total. The van der Waals surface area contributed by atoms with Crippen LogP contribution in [0, 0.1) is 17.3 Å². The first-order valence-corrected chi connectivity index (χ1v) is 10.3. The second kappa shape index (κ2) is 8.42. The molecule has 1 aromatic heterocycles. The van der Waals surface area contributed by atoms with Gasteiger partial charge in [0.1, 0.15) is 5.00 Å². The van der Waals surface area contributed by atoms with Gasteiger partial charge in [0.15, 0.2) is 0 Å². The van der Waals surface area contributed by atoms with Crippen molar-refractivity contribution < 1.29 is 19.5 Å². The molecule has 0 unspecified atom stereocenters. The molecule has 1 aromatic rings. The van der Waals surface area contributed by atoms with E-state index in [9.17, 15) is 14.4 Å². The molecule has 150 valence electrons. The molecular weight excluding hydrogens is 364 g/mol. The number of thiophene rings is 1. The number of fused-ring (bicyclic) bond motifs is 1. The van der Waals surface area contributed by atoms with Crippen molar-refractivity contribution in [3.8, 4) is 0 Å². The zero-order valence-electron chi connectivity index (χ0n) is 16.6. The van der Waals surface area contributed by atoms with Crippen molar-refractivity contribution >= 4 is 34.1 Å². The average molecular weight is 395 g/mol. The largest absolute Gasteiger partial charge is 0.481 e. The van der Waals surface area contributed by atoms with E-state index >= 15 is 0 Å². The van der Waals surface area contributed by atoms with Gasteiger partial charge in [-0.2, -0.15) is 0 Å². The highest BCUT2D eigenvalue weighted by Gasteiger charge is 2.35. The van der Waals surface area contributed by atoms with E-state index in [2.05, 4.69) is 26.1 Å². The van der Waals surface area contributed by atoms with Crippen LogP contribution in [0.15, 0.2) is 0 Å². The lowest BCUT2D eigenvalue weighted by molar-refractivity contribution is -0.138. The van der Waals surface area contributed by atoms with Crippen LogP contribution in [-0.2, 0) is 22.4 Å². The molecule has 0 saturated carbocycles. The molecule has 2 amide bonds. The van der Waals surface area contributed by atoms with E-state index in [-0.39, 0.29) is 30.1 Å². The van der Waals surface area contributed by atoms with Crippen LogP contribution in [0.3, 0.4) is 0 Å². The first kappa shape index (κ1) is 21.4. The van der Waals surface area contributed by atoms with Crippen LogP contribution in [0.4, 0.5) is 5.00 Å². The maximum atomic E-state index is 12.3. The lowest BCUT2D eigenvalue weighted by Gasteiger charge is -2.36. The number of nitrogens with one attached hydrogen (secondary N) is 1. The third-order valence-corrected chi connectivity index (χ3v) is 7.01. The Labute approximate surface area is 164 Å². The quantitative estimate of drug-likeness (QED) is 0.622. The van der Waals surface area contributed by atoms with Crippen molar-refractivity contribution in [2.75, 3.05) is 5.32 Å². The van der Waals surface area contributed by atoms with Gasteiger partial charge in [-0.3, -0.25) is 14.4 Å². The summed E-state index contributed by atoms with van der Waals surface area (Å²) in [4.78, 5) is 36.3. The van der Waals surface area contributed by atoms with E-state index in [1.807, 2.05) is 0 Å². The number of nitrogens with two attached hydrogens (primary N) is 1. The Morgan fingerprint density at radius 1 is 1.33 bits per heavy atom. The first-order valence-electron chi connectivity index (χ1n) is 9.51. The van der Waals surface area contributed by atoms with Crippen molar-refractivity contribution in [2.45, 2.75) is 66.2 Å². The first-order chi connectivity index (χ1) is 12.5. The summed E-state index contributed by atoms with van der Waals surface area (Å²) >= 11 is 1.44. The maximum Gasteiger partial charge on any atom is 0.303 e. The van der Waals surface area contributed by atoms with E-state index in [1.54, 1.807) is 6.92 Å². The summed E-state index contributed by atoms with van der Waals surface area (Å²) in [6, 6.07) is 0. The molecule has 2 atom stereocenters. The number of carbonyl (C=O) groups excluding carboxylic acids is 2. The number of aliphatic carboxylic acids is 1. The van der Waals surface area contributed by atoms with E-state index in [1.165, 1.54) is 11.3 Å². The third-order valence-electron chi connectivity index (χ3n) is 5.84. The Morgan fingerprint density at radius 2 is 2.00 bits per heavy atom. The van der Waals surface area contributed by atoms with Crippen LogP contribution in [0.2, 0.25) is 0 Å². The molecule has 0 bridgehead atoms. The molecule has 4 N–H and O–H groups in total. The van der Waals surface area contributed by atoms with Gasteiger partial charge in [-0.1, -0.05) is 34.1 Å². The van der Waals surface area contributed by atoms with Crippen molar-refractivity contribution in [3.63, 3.8) is 0 Å². The number of primary amides is 1. The molecule has 0 fully saturated rings. The summed E-state index contributed by atoms with van der Waals surface area (Å²) in [5.74, 6) is -1.47. The fourth-order valence-electron chi connectivity index (χ4n) is 3.75. The lowest BCUT2D eigenvalue weighted by atomic mass is 9.69. The number of carboxylic acids is 1. The van der Waals surface area contributed by atoms with Crippen molar-refractivity contribution in [3.05, 3.63) is 16.0 Å². The Kier molecular flexibility index (Phi) is 6.68. The number of hydrogen-bond acceptors (Lipinski definition) is 4. The molecule has 0 aromatic carbocycles. The summed E-state index contributed by atoms with van der Waals surface area (Å²) < 4.78 is 0. The second-order valence-corrected chi connectivity index (χ2v) is 9.41. The van der Waals surface area contributed by atoms with Crippen LogP contribution in [0.5, 0.6) is 0 Å². The number of anilines is 1. The minimum absolute atomic E-state index is 0.0647. The van der Waals surface area contributed by atoms with Crippen molar-refractivity contribution in [1.29, 1.82) is 0 Å². The standard InChI is InChI=1S/C20H30N2O4S/c1-5-20(3,4)12-6-7-13-14(10-12)27-19(17(13)18(21)26)22-15(23)8-11(2)9-16(24)25/h11-12H,5-10H2,1-4H3,(H2,21,26)(H,22,23)(H,24,25)/t11-,12+/m0/s1. The Hall–Kier alpha value is -1.89. The number of carbonyl (C=O) groups is 3. The minimum Gasteiger partial charge on any atom is -0.481 e. The van der Waals surface area contributed by atoms with Crippen LogP contribution >= 0.6 is 11.3 Å². The molecule has 2 rings (SSSR count). The van der Waals surface area contributed by atoms with Gasteiger partial charge in [-0.05, 0) is 42.1 Å². The number of amides is 2. The van der Waals surface area contributed by atoms with Gasteiger partial charge in [0.2, 0.25) is 5.91 Å². The van der Waals surface area contributed by atoms with Gasteiger partial charge in [-0.15, -0.1) is 11.3 Å². The predicted octanol–water partition coefficient (Wildman–Crippen LogP) is 3.83. The minimum atomic E-state index is -0.927. The highest BCUT2D eigenvalue weighted by Crippen LogP contribution is 2.45. The van der Waals surface area contributed by atoms with Crippen molar-refractivity contribution in [2.24, 2.45) is 23.0 Å². The molecule has 27 heavy (non-hydrogen) atoms. The molecule has 1 heterocycles. The fraction of sp³-hybridized carbons (Fsp3) is 0.650. The average Bonchev–Trinajstić information content (AvgIpc) is 2.90. The van der Waals surface area contributed by atoms with Gasteiger partial charge in [0.05, 0.1) is 5.56 Å². The monoisotopic (exact) mass is 394 g/mol. The molecule has 1 aliphatic rings. The molecule has 1 aliphatic carbocycles. The van der Waals surface area contributed by atoms with Crippen LogP contribution in [0.1, 0.15) is 74.2 Å². The molecule has 0 radical (unpaired) electrons. The summed E-state index contributed by atoms with van der Waals surface area (Å²) in [6.45, 7) is 8.47. The van der Waals surface area contributed by atoms with Gasteiger partial charge in [0.25, 0.3) is 5.91 Å². The molecule has 0 aliphatic heterocycles. The lowest BCUT2D eigenvalue weighted by Crippen LogP contribution is -2.29. The van der Waals surface area contributed by atoms with Gasteiger partial charge in [0, 0.05) is 17.7 Å². The predicted molar refractivity (Wildman–Crippen MR) is 107 cm³/mol. The van der Waals surface area contributed by atoms with Crippen molar-refractivity contribution in [1.82, 2.24) is 0 Å². The normalized spacial score (nSPS) is 17.9. The number of rotatable bonds is 8. The fourth-order valence-corrected chi connectivity index (χ4v) is 5.10. The Morgan fingerprint density at radius 3 is 2.56 bits per heavy atom. The summed E-state index contributed by atoms with van der Waals surface area (Å²) in [6.07, 6.45) is 3.82. The van der Waals surface area contributed by atoms with Gasteiger partial charge >= 0.3 is 5.97 Å². The summed E-state index contributed by atoms with van der Waals surface area (Å²) in [5, 5.41) is 12.1. The Bertz CT molecular complexity index is 739. The SMILES string of the molecule is CCC(C)(C)[C@@H]1CCc2c(sc(NC(=O)C[C@H](C)CC(=O)O)c2C(N)=O)C1. The zero-order chi connectivity index (χ0) is 20.4. The third kappa shape index (κ3) is 5.09. The van der Waals surface area contributed by atoms with E-state index < -0.39 is 11.9 Å². The number of hydrogen-bond donors (Lipinski definition) is 3. The zero-order valence-corrected chi connectivity index (χ0v) is 17.4. The van der Waals surface area contributed by atoms with Gasteiger partial charge < -0.3 is 16.2 Å². The molecule has 0 saturated heterocycles. The topological polar surface area (TPSA) is 109 Å². The summed E-state index contributed by atoms with van der Waals surface area (Å²) in [7, 11) is 0. The highest BCUT2D eigenvalue weighted by molar-refractivity contribution is 7.17. The number of carboxylic acid groups (broad SMARTS) is 1. The van der Waals surface area contributed by atoms with Crippen LogP contribution < -0.4 is 11.1 Å². The molecular formula is C20H30N2O4S. The molecule has 7 heteroatoms. The Balaban J connectivity index is 2.20. The van der Waals surface area contributed by atoms with E-state index in [0.717, 1.165) is 36.1 Å².